The summed E-state index contributed by atoms with van der Waals surface area (Å²) in [5.41, 5.74) is 0.689. The quantitative estimate of drug-likeness (QED) is 0.149. The second-order valence-electron chi connectivity index (χ2n) is 9.19. The molecular weight excluding hydrogens is 386 g/mol. The normalized spacial score (nSPS) is 19.7. The van der Waals surface area contributed by atoms with Crippen molar-refractivity contribution in [3.05, 3.63) is 23.8 Å². The lowest BCUT2D eigenvalue weighted by Gasteiger charge is -2.30. The van der Waals surface area contributed by atoms with Gasteiger partial charge in [0.1, 0.15) is 12.6 Å². The molecule has 4 nitrogen and oxygen atoms in total. The second-order valence-corrected chi connectivity index (χ2v) is 9.19. The Labute approximate surface area is 190 Å². The van der Waals surface area contributed by atoms with Crippen LogP contribution in [0.3, 0.4) is 0 Å². The molecule has 176 valence electrons. The molecule has 0 radical (unpaired) electrons. The average molecular weight is 432 g/mol. The Bertz CT molecular complexity index is 575. The van der Waals surface area contributed by atoms with Crippen LogP contribution in [0.15, 0.2) is 23.8 Å². The molecule has 0 aromatic heterocycles. The molecule has 0 aromatic carbocycles. The summed E-state index contributed by atoms with van der Waals surface area (Å²) in [5, 5.41) is 0. The van der Waals surface area contributed by atoms with Gasteiger partial charge < -0.3 is 4.74 Å². The van der Waals surface area contributed by atoms with Crippen molar-refractivity contribution in [1.82, 2.24) is 4.90 Å². The molecule has 0 aromatic rings. The van der Waals surface area contributed by atoms with Crippen molar-refractivity contribution in [2.75, 3.05) is 19.7 Å². The predicted molar refractivity (Wildman–Crippen MR) is 128 cm³/mol. The van der Waals surface area contributed by atoms with Gasteiger partial charge in [0, 0.05) is 12.0 Å². The van der Waals surface area contributed by atoms with Gasteiger partial charge in [0.05, 0.1) is 0 Å². The van der Waals surface area contributed by atoms with Crippen LogP contribution in [0.5, 0.6) is 0 Å². The molecule has 2 aliphatic heterocycles. The molecule has 0 N–H and O–H groups in total. The summed E-state index contributed by atoms with van der Waals surface area (Å²) in [5.74, 6) is -0.0940. The summed E-state index contributed by atoms with van der Waals surface area (Å²) < 4.78 is 5.20. The number of esters is 1. The van der Waals surface area contributed by atoms with E-state index in [0.717, 1.165) is 38.8 Å². The molecule has 1 fully saturated rings. The Kier molecular flexibility index (Phi) is 13.5. The van der Waals surface area contributed by atoms with E-state index < -0.39 is 6.04 Å². The van der Waals surface area contributed by atoms with Crippen LogP contribution >= 0.6 is 0 Å². The van der Waals surface area contributed by atoms with E-state index in [1.807, 2.05) is 6.08 Å². The number of hydrogen-bond acceptors (Lipinski definition) is 4. The first-order valence-electron chi connectivity index (χ1n) is 13.0. The highest BCUT2D eigenvalue weighted by molar-refractivity contribution is 6.03. The molecule has 1 unspecified atom stereocenters. The van der Waals surface area contributed by atoms with E-state index in [9.17, 15) is 9.59 Å². The van der Waals surface area contributed by atoms with Gasteiger partial charge >= 0.3 is 5.97 Å². The second kappa shape index (κ2) is 16.2. The Morgan fingerprint density at radius 3 is 2.16 bits per heavy atom. The third kappa shape index (κ3) is 10.2. The molecule has 0 saturated carbocycles. The number of ether oxygens (including phenoxy) is 1. The lowest BCUT2D eigenvalue weighted by atomic mass is 9.95. The van der Waals surface area contributed by atoms with Gasteiger partial charge in [-0.05, 0) is 64.1 Å². The number of cyclic esters (lactones) is 1. The zero-order valence-electron chi connectivity index (χ0n) is 19.9. The van der Waals surface area contributed by atoms with Crippen LogP contribution in [0.4, 0.5) is 0 Å². The highest BCUT2D eigenvalue weighted by Gasteiger charge is 2.37. The van der Waals surface area contributed by atoms with Gasteiger partial charge in [-0.2, -0.15) is 0 Å². The number of Topliss-reactive ketones (excluding diaryl/α,β-unsaturated/α-hetero) is 1. The molecule has 0 aliphatic carbocycles. The maximum atomic E-state index is 12.7. The average Bonchev–Trinajstić information content (AvgIpc) is 3.30. The van der Waals surface area contributed by atoms with Gasteiger partial charge in [-0.25, -0.2) is 4.79 Å². The minimum absolute atomic E-state index is 0.145. The van der Waals surface area contributed by atoms with Gasteiger partial charge in [-0.1, -0.05) is 70.4 Å². The number of likely N-dealkylation sites (tertiary alicyclic amines) is 1. The molecule has 0 bridgehead atoms. The zero-order chi connectivity index (χ0) is 22.2. The van der Waals surface area contributed by atoms with Crippen molar-refractivity contribution in [3.63, 3.8) is 0 Å². The summed E-state index contributed by atoms with van der Waals surface area (Å²) in [7, 11) is 0. The van der Waals surface area contributed by atoms with Crippen molar-refractivity contribution in [2.24, 2.45) is 0 Å². The minimum atomic E-state index is -0.452. The molecule has 4 heteroatoms. The molecule has 2 rings (SSSR count). The van der Waals surface area contributed by atoms with Crippen molar-refractivity contribution in [2.45, 2.75) is 116 Å². The Hall–Kier alpha value is -1.42. The van der Waals surface area contributed by atoms with Gasteiger partial charge in [-0.15, -0.1) is 0 Å². The minimum Gasteiger partial charge on any atom is -0.460 e. The molecular formula is C27H45NO3. The van der Waals surface area contributed by atoms with Crippen LogP contribution in [-0.2, 0) is 14.3 Å². The van der Waals surface area contributed by atoms with Crippen LogP contribution < -0.4 is 0 Å². The number of allylic oxidation sites excluding steroid dienone is 2. The Balaban J connectivity index is 1.49. The third-order valence-electron chi connectivity index (χ3n) is 6.54. The first-order valence-corrected chi connectivity index (χ1v) is 13.0. The van der Waals surface area contributed by atoms with E-state index in [2.05, 4.69) is 24.0 Å². The fourth-order valence-corrected chi connectivity index (χ4v) is 4.64. The molecule has 2 heterocycles. The van der Waals surface area contributed by atoms with Crippen LogP contribution in [0.1, 0.15) is 110 Å². The Morgan fingerprint density at radius 2 is 1.52 bits per heavy atom. The monoisotopic (exact) mass is 431 g/mol. The fraction of sp³-hybridized carbons (Fsp3) is 0.778. The third-order valence-corrected chi connectivity index (χ3v) is 6.54. The highest BCUT2D eigenvalue weighted by Crippen LogP contribution is 2.24. The number of hydrogen-bond donors (Lipinski definition) is 0. The van der Waals surface area contributed by atoms with Crippen molar-refractivity contribution in [3.8, 4) is 0 Å². The summed E-state index contributed by atoms with van der Waals surface area (Å²) in [4.78, 5) is 27.1. The maximum Gasteiger partial charge on any atom is 0.328 e. The van der Waals surface area contributed by atoms with Crippen LogP contribution in [0.25, 0.3) is 0 Å². The number of rotatable bonds is 17. The predicted octanol–water partition coefficient (Wildman–Crippen LogP) is 6.54. The van der Waals surface area contributed by atoms with E-state index in [0.29, 0.717) is 12.0 Å². The van der Waals surface area contributed by atoms with Crippen molar-refractivity contribution in [1.29, 1.82) is 0 Å². The van der Waals surface area contributed by atoms with Gasteiger partial charge in [-0.3, -0.25) is 9.69 Å². The summed E-state index contributed by atoms with van der Waals surface area (Å²) in [6.07, 6.45) is 25.6. The van der Waals surface area contributed by atoms with Gasteiger partial charge in [0.2, 0.25) is 0 Å². The molecule has 31 heavy (non-hydrogen) atoms. The van der Waals surface area contributed by atoms with Crippen LogP contribution in [0, 0.1) is 0 Å². The van der Waals surface area contributed by atoms with Gasteiger partial charge in [0.25, 0.3) is 0 Å². The largest absolute Gasteiger partial charge is 0.460 e. The number of carbonyl (C=O) groups is 2. The molecule has 1 saturated heterocycles. The fourth-order valence-electron chi connectivity index (χ4n) is 4.64. The van der Waals surface area contributed by atoms with Crippen molar-refractivity contribution >= 4 is 11.8 Å². The maximum absolute atomic E-state index is 12.7. The summed E-state index contributed by atoms with van der Waals surface area (Å²) in [6.45, 7) is 4.28. The lowest BCUT2D eigenvalue weighted by molar-refractivity contribution is -0.149. The number of carbonyl (C=O) groups excluding carboxylic acids is 2. The lowest BCUT2D eigenvalue weighted by Crippen LogP contribution is -2.45. The topological polar surface area (TPSA) is 46.6 Å². The molecule has 2 aliphatic rings. The standard InChI is InChI=1S/C27H45NO3/c1-2-3-4-5-6-7-8-9-10-11-12-13-14-15-16-19-25(29)24-20-23-31-27(30)26(24)28-21-17-18-22-28/h9-10,20,26H,2-8,11-19,21-23H2,1H3. The summed E-state index contributed by atoms with van der Waals surface area (Å²) >= 11 is 0. The first-order chi connectivity index (χ1) is 15.2. The Morgan fingerprint density at radius 1 is 0.935 bits per heavy atom. The molecule has 0 spiro atoms. The van der Waals surface area contributed by atoms with Crippen LogP contribution in [-0.4, -0.2) is 42.4 Å². The number of ketones is 1. The highest BCUT2D eigenvalue weighted by atomic mass is 16.5. The number of unbranched alkanes of at least 4 members (excludes halogenated alkanes) is 11. The van der Waals surface area contributed by atoms with E-state index in [4.69, 9.17) is 4.74 Å². The van der Waals surface area contributed by atoms with E-state index >= 15 is 0 Å². The zero-order valence-corrected chi connectivity index (χ0v) is 19.9. The van der Waals surface area contributed by atoms with E-state index in [1.165, 1.54) is 70.6 Å². The van der Waals surface area contributed by atoms with E-state index in [1.54, 1.807) is 0 Å². The number of nitrogens with zero attached hydrogens (tertiary/aromatic N) is 1. The van der Waals surface area contributed by atoms with Crippen molar-refractivity contribution < 1.29 is 14.3 Å². The smallest absolute Gasteiger partial charge is 0.328 e. The molecule has 0 amide bonds. The molecule has 1 atom stereocenters. The van der Waals surface area contributed by atoms with Gasteiger partial charge in [0.15, 0.2) is 5.78 Å². The summed E-state index contributed by atoms with van der Waals surface area (Å²) in [6, 6.07) is -0.452. The first kappa shape index (κ1) is 25.8. The van der Waals surface area contributed by atoms with E-state index in [-0.39, 0.29) is 18.4 Å². The SMILES string of the molecule is CCCCCCCCC=CCCCCCCCC(=O)C1=CCOC(=O)C1N1CCCC1. The van der Waals surface area contributed by atoms with Crippen LogP contribution in [0.2, 0.25) is 0 Å².